The number of nitrogens with zero attached hydrogens (tertiary/aromatic N) is 1. The van der Waals surface area contributed by atoms with Crippen LogP contribution in [0.15, 0.2) is 23.9 Å². The summed E-state index contributed by atoms with van der Waals surface area (Å²) in [6, 6.07) is 0.280. The van der Waals surface area contributed by atoms with E-state index < -0.39 is 0 Å². The Labute approximate surface area is 87.2 Å². The van der Waals surface area contributed by atoms with E-state index in [1.807, 2.05) is 0 Å². The Bertz CT molecular complexity index is 337. The van der Waals surface area contributed by atoms with Crippen LogP contribution in [0.25, 0.3) is 0 Å². The van der Waals surface area contributed by atoms with Crippen LogP contribution in [0, 0.1) is 0 Å². The number of nitrogens with one attached hydrogen (secondary N) is 1. The van der Waals surface area contributed by atoms with E-state index in [1.165, 1.54) is 5.70 Å². The number of carbonyl (C=O) groups excluding carboxylic acids is 1. The van der Waals surface area contributed by atoms with Crippen molar-refractivity contribution in [1.82, 2.24) is 10.2 Å². The van der Waals surface area contributed by atoms with Crippen LogP contribution in [0.1, 0.15) is 6.42 Å². The lowest BCUT2D eigenvalue weighted by Crippen LogP contribution is -2.47. The molecule has 3 aliphatic rings. The van der Waals surface area contributed by atoms with Crippen LogP contribution in [0.5, 0.6) is 0 Å². The highest BCUT2D eigenvalue weighted by Gasteiger charge is 2.39. The first kappa shape index (κ1) is 8.41. The number of allylic oxidation sites excluding steroid dienone is 2. The van der Waals surface area contributed by atoms with E-state index in [0.717, 1.165) is 31.3 Å². The maximum atomic E-state index is 11.3. The maximum absolute atomic E-state index is 11.3. The molecule has 14 heavy (non-hydrogen) atoms. The SMILES string of the molecule is O=C1NC2C3=CC=CCN3CCC2[SH]1. The highest BCUT2D eigenvalue weighted by atomic mass is 32.2. The number of rotatable bonds is 0. The summed E-state index contributed by atoms with van der Waals surface area (Å²) in [6.07, 6.45) is 7.53. The van der Waals surface area contributed by atoms with Gasteiger partial charge in [-0.1, -0.05) is 12.2 Å². The molecule has 0 aromatic carbocycles. The molecule has 3 aliphatic heterocycles. The van der Waals surface area contributed by atoms with Crippen molar-refractivity contribution < 1.29 is 4.79 Å². The molecule has 2 atom stereocenters. The fourth-order valence-electron chi connectivity index (χ4n) is 2.37. The normalized spacial score (nSPS) is 34.7. The van der Waals surface area contributed by atoms with Gasteiger partial charge < -0.3 is 10.2 Å². The molecule has 2 unspecified atom stereocenters. The minimum atomic E-state index is 0.192. The monoisotopic (exact) mass is 209 g/mol. The Morgan fingerprint density at radius 1 is 1.57 bits per heavy atom. The second kappa shape index (κ2) is 3.05. The summed E-state index contributed by atoms with van der Waals surface area (Å²) in [5.41, 5.74) is 1.31. The molecule has 3 heterocycles. The number of hydrogen-bond donors (Lipinski definition) is 2. The van der Waals surface area contributed by atoms with Crippen LogP contribution >= 0.6 is 11.8 Å². The topological polar surface area (TPSA) is 32.3 Å². The van der Waals surface area contributed by atoms with Crippen molar-refractivity contribution in [1.29, 1.82) is 0 Å². The number of amides is 1. The molecule has 4 heteroatoms. The molecule has 0 aromatic rings. The van der Waals surface area contributed by atoms with Gasteiger partial charge in [0.2, 0.25) is 0 Å². The first-order valence-electron chi connectivity index (χ1n) is 4.97. The number of carbonyl (C=O) groups is 1. The quantitative estimate of drug-likeness (QED) is 0.585. The summed E-state index contributed by atoms with van der Waals surface area (Å²) in [6.45, 7) is 2.10. The van der Waals surface area contributed by atoms with Gasteiger partial charge in [0.05, 0.1) is 6.04 Å². The van der Waals surface area contributed by atoms with Crippen LogP contribution in [0.3, 0.4) is 0 Å². The molecule has 0 saturated carbocycles. The summed E-state index contributed by atoms with van der Waals surface area (Å²) in [7, 11) is 0. The van der Waals surface area contributed by atoms with Crippen molar-refractivity contribution >= 4 is 17.0 Å². The second-order valence-electron chi connectivity index (χ2n) is 3.88. The molecule has 0 aromatic heterocycles. The Balaban J connectivity index is 1.92. The van der Waals surface area contributed by atoms with Crippen LogP contribution in [0.4, 0.5) is 4.79 Å². The third kappa shape index (κ3) is 1.17. The largest absolute Gasteiger partial charge is 0.369 e. The molecular formula is C10H13N2OS. The van der Waals surface area contributed by atoms with Crippen molar-refractivity contribution in [3.8, 4) is 0 Å². The van der Waals surface area contributed by atoms with Gasteiger partial charge in [-0.2, -0.15) is 0 Å². The molecule has 2 fully saturated rings. The van der Waals surface area contributed by atoms with Crippen molar-refractivity contribution in [2.75, 3.05) is 13.1 Å². The molecule has 0 aliphatic carbocycles. The summed E-state index contributed by atoms with van der Waals surface area (Å²) in [5, 5.41) is 3.76. The average molecular weight is 209 g/mol. The maximum Gasteiger partial charge on any atom is 0.267 e. The average Bonchev–Trinajstić information content (AvgIpc) is 2.59. The lowest BCUT2D eigenvalue weighted by Gasteiger charge is -2.38. The highest BCUT2D eigenvalue weighted by molar-refractivity contribution is 8.14. The minimum Gasteiger partial charge on any atom is -0.369 e. The van der Waals surface area contributed by atoms with Gasteiger partial charge in [-0.25, -0.2) is 0 Å². The smallest absolute Gasteiger partial charge is 0.267 e. The van der Waals surface area contributed by atoms with Crippen LogP contribution < -0.4 is 5.32 Å². The third-order valence-corrected chi connectivity index (χ3v) is 4.31. The predicted molar refractivity (Wildman–Crippen MR) is 58.5 cm³/mol. The summed E-state index contributed by atoms with van der Waals surface area (Å²) in [4.78, 5) is 13.7. The summed E-state index contributed by atoms with van der Waals surface area (Å²) >= 11 is 0.969. The molecule has 0 spiro atoms. The van der Waals surface area contributed by atoms with Crippen LogP contribution in [-0.4, -0.2) is 34.5 Å². The van der Waals surface area contributed by atoms with E-state index in [2.05, 4.69) is 28.4 Å². The standard InChI is InChI=1S/C10H13N2OS/c13-10-11-9-7-3-1-2-5-12(7)6-4-8(9)14-10/h1-3,8-9,14H,4-6H2,(H,11,13). The lowest BCUT2D eigenvalue weighted by molar-refractivity contribution is 0.252. The Morgan fingerprint density at radius 3 is 3.43 bits per heavy atom. The molecule has 3 rings (SSSR count). The van der Waals surface area contributed by atoms with Crippen molar-refractivity contribution in [3.63, 3.8) is 0 Å². The van der Waals surface area contributed by atoms with Gasteiger partial charge in [0.1, 0.15) is 0 Å². The fraction of sp³-hybridized carbons (Fsp3) is 0.500. The predicted octanol–water partition coefficient (Wildman–Crippen LogP) is 1.07. The number of fused-ring (bicyclic) bond motifs is 3. The Hall–Kier alpha value is -0.900. The molecule has 1 amide bonds. The van der Waals surface area contributed by atoms with Gasteiger partial charge in [0, 0.05) is 24.0 Å². The highest BCUT2D eigenvalue weighted by Crippen LogP contribution is 2.36. The lowest BCUT2D eigenvalue weighted by atomic mass is 9.99. The van der Waals surface area contributed by atoms with Gasteiger partial charge in [-0.3, -0.25) is 4.79 Å². The fourth-order valence-corrected chi connectivity index (χ4v) is 3.50. The molecular weight excluding hydrogens is 196 g/mol. The summed E-state index contributed by atoms with van der Waals surface area (Å²) < 4.78 is 0. The molecule has 2 saturated heterocycles. The minimum absolute atomic E-state index is 0.192. The van der Waals surface area contributed by atoms with Gasteiger partial charge in [0.15, 0.2) is 0 Å². The second-order valence-corrected chi connectivity index (χ2v) is 5.21. The van der Waals surface area contributed by atoms with Crippen molar-refractivity contribution in [2.45, 2.75) is 17.7 Å². The first-order valence-corrected chi connectivity index (χ1v) is 5.94. The molecule has 1 N–H and O–H groups in total. The van der Waals surface area contributed by atoms with E-state index in [-0.39, 0.29) is 11.3 Å². The molecule has 75 valence electrons. The van der Waals surface area contributed by atoms with Gasteiger partial charge in [-0.15, -0.1) is 11.8 Å². The number of thiol groups is 1. The van der Waals surface area contributed by atoms with Gasteiger partial charge in [0.25, 0.3) is 5.24 Å². The van der Waals surface area contributed by atoms with E-state index in [1.54, 1.807) is 0 Å². The van der Waals surface area contributed by atoms with Gasteiger partial charge >= 0.3 is 0 Å². The van der Waals surface area contributed by atoms with E-state index in [4.69, 9.17) is 0 Å². The van der Waals surface area contributed by atoms with Crippen LogP contribution in [0.2, 0.25) is 0 Å². The number of hydrogen-bond acceptors (Lipinski definition) is 2. The Morgan fingerprint density at radius 2 is 2.50 bits per heavy atom. The summed E-state index contributed by atoms with van der Waals surface area (Å²) in [5.74, 6) is 0. The molecule has 1 radical (unpaired) electrons. The van der Waals surface area contributed by atoms with Crippen molar-refractivity contribution in [3.05, 3.63) is 23.9 Å². The van der Waals surface area contributed by atoms with E-state index in [0.29, 0.717) is 5.25 Å². The zero-order valence-corrected chi connectivity index (χ0v) is 8.71. The Kier molecular flexibility index (Phi) is 1.83. The third-order valence-electron chi connectivity index (χ3n) is 3.05. The van der Waals surface area contributed by atoms with Gasteiger partial charge in [-0.05, 0) is 12.5 Å². The molecule has 0 bridgehead atoms. The number of piperidine rings is 1. The van der Waals surface area contributed by atoms with E-state index in [9.17, 15) is 4.79 Å². The van der Waals surface area contributed by atoms with Crippen LogP contribution in [-0.2, 0) is 0 Å². The first-order chi connectivity index (χ1) is 6.84. The van der Waals surface area contributed by atoms with E-state index >= 15 is 0 Å². The van der Waals surface area contributed by atoms with Crippen molar-refractivity contribution in [2.24, 2.45) is 0 Å². The zero-order valence-electron chi connectivity index (χ0n) is 7.81. The zero-order chi connectivity index (χ0) is 9.54. The molecule has 3 nitrogen and oxygen atoms in total.